The van der Waals surface area contributed by atoms with Gasteiger partial charge in [0.25, 0.3) is 0 Å². The van der Waals surface area contributed by atoms with E-state index in [2.05, 4.69) is 17.6 Å². The Morgan fingerprint density at radius 3 is 2.56 bits per heavy atom. The van der Waals surface area contributed by atoms with Gasteiger partial charge < -0.3 is 15.4 Å². The van der Waals surface area contributed by atoms with Gasteiger partial charge in [-0.1, -0.05) is 6.92 Å². The first-order valence-corrected chi connectivity index (χ1v) is 5.43. The van der Waals surface area contributed by atoms with Crippen LogP contribution in [0.2, 0.25) is 0 Å². The van der Waals surface area contributed by atoms with Crippen molar-refractivity contribution in [1.29, 1.82) is 0 Å². The molecule has 0 aliphatic carbocycles. The fraction of sp³-hybridized carbons (Fsp3) is 0.417. The van der Waals surface area contributed by atoms with E-state index in [0.717, 1.165) is 24.5 Å². The van der Waals surface area contributed by atoms with Crippen molar-refractivity contribution in [3.8, 4) is 5.75 Å². The number of carbonyl (C=O) groups is 1. The van der Waals surface area contributed by atoms with Gasteiger partial charge in [0.05, 0.1) is 0 Å². The monoisotopic (exact) mass is 222 g/mol. The molecule has 88 valence electrons. The van der Waals surface area contributed by atoms with Gasteiger partial charge in [-0.3, -0.25) is 4.79 Å². The molecule has 0 aliphatic rings. The molecule has 16 heavy (non-hydrogen) atoms. The highest BCUT2D eigenvalue weighted by atomic mass is 16.5. The molecule has 4 nitrogen and oxygen atoms in total. The number of hydrogen-bond acceptors (Lipinski definition) is 3. The summed E-state index contributed by atoms with van der Waals surface area (Å²) in [6, 6.07) is 7.34. The van der Waals surface area contributed by atoms with Gasteiger partial charge in [-0.25, -0.2) is 0 Å². The lowest BCUT2D eigenvalue weighted by molar-refractivity contribution is -0.114. The highest BCUT2D eigenvalue weighted by molar-refractivity contribution is 5.88. The lowest BCUT2D eigenvalue weighted by Gasteiger charge is -2.07. The van der Waals surface area contributed by atoms with Crippen LogP contribution in [0.25, 0.3) is 0 Å². The highest BCUT2D eigenvalue weighted by Gasteiger charge is 1.96. The fourth-order valence-corrected chi connectivity index (χ4v) is 1.26. The number of carbonyl (C=O) groups excluding carboxylic acids is 1. The number of benzene rings is 1. The quantitative estimate of drug-likeness (QED) is 0.719. The van der Waals surface area contributed by atoms with Gasteiger partial charge >= 0.3 is 0 Å². The summed E-state index contributed by atoms with van der Waals surface area (Å²) < 4.78 is 5.49. The lowest BCUT2D eigenvalue weighted by Crippen LogP contribution is -2.20. The largest absolute Gasteiger partial charge is 0.492 e. The van der Waals surface area contributed by atoms with Gasteiger partial charge in [0.2, 0.25) is 5.91 Å². The Morgan fingerprint density at radius 1 is 1.31 bits per heavy atom. The van der Waals surface area contributed by atoms with Gasteiger partial charge in [0.15, 0.2) is 0 Å². The van der Waals surface area contributed by atoms with Gasteiger partial charge in [0.1, 0.15) is 12.4 Å². The zero-order valence-electron chi connectivity index (χ0n) is 9.75. The molecule has 0 radical (unpaired) electrons. The molecular weight excluding hydrogens is 204 g/mol. The van der Waals surface area contributed by atoms with Crippen molar-refractivity contribution in [1.82, 2.24) is 5.32 Å². The molecule has 0 aliphatic heterocycles. The van der Waals surface area contributed by atoms with Crippen LogP contribution in [0.1, 0.15) is 13.8 Å². The number of rotatable bonds is 6. The number of amides is 1. The summed E-state index contributed by atoms with van der Waals surface area (Å²) in [7, 11) is 0. The molecule has 1 amide bonds. The zero-order valence-corrected chi connectivity index (χ0v) is 9.75. The molecule has 0 saturated carbocycles. The molecule has 0 saturated heterocycles. The van der Waals surface area contributed by atoms with Crippen LogP contribution in [-0.4, -0.2) is 25.6 Å². The van der Waals surface area contributed by atoms with Gasteiger partial charge in [-0.15, -0.1) is 0 Å². The maximum Gasteiger partial charge on any atom is 0.221 e. The maximum absolute atomic E-state index is 10.8. The smallest absolute Gasteiger partial charge is 0.221 e. The van der Waals surface area contributed by atoms with Crippen molar-refractivity contribution in [2.75, 3.05) is 25.0 Å². The fourth-order valence-electron chi connectivity index (χ4n) is 1.26. The number of nitrogens with one attached hydrogen (secondary N) is 2. The highest BCUT2D eigenvalue weighted by Crippen LogP contribution is 2.15. The van der Waals surface area contributed by atoms with E-state index in [4.69, 9.17) is 4.74 Å². The lowest BCUT2D eigenvalue weighted by atomic mass is 10.3. The third-order valence-corrected chi connectivity index (χ3v) is 1.97. The molecule has 0 spiro atoms. The van der Waals surface area contributed by atoms with E-state index in [1.165, 1.54) is 6.92 Å². The summed E-state index contributed by atoms with van der Waals surface area (Å²) in [5.74, 6) is 0.743. The van der Waals surface area contributed by atoms with E-state index in [-0.39, 0.29) is 5.91 Å². The Morgan fingerprint density at radius 2 is 2.00 bits per heavy atom. The van der Waals surface area contributed by atoms with Crippen molar-refractivity contribution >= 4 is 11.6 Å². The first kappa shape index (κ1) is 12.5. The average molecular weight is 222 g/mol. The number of hydrogen-bond donors (Lipinski definition) is 2. The van der Waals surface area contributed by atoms with Crippen molar-refractivity contribution in [2.45, 2.75) is 13.8 Å². The maximum atomic E-state index is 10.8. The van der Waals surface area contributed by atoms with Crippen LogP contribution < -0.4 is 15.4 Å². The Labute approximate surface area is 96.0 Å². The average Bonchev–Trinajstić information content (AvgIpc) is 2.26. The minimum Gasteiger partial charge on any atom is -0.492 e. The minimum atomic E-state index is -0.0687. The molecule has 1 aromatic rings. The van der Waals surface area contributed by atoms with Crippen LogP contribution in [0.5, 0.6) is 5.75 Å². The van der Waals surface area contributed by atoms with Crippen LogP contribution in [0.3, 0.4) is 0 Å². The normalized spacial score (nSPS) is 9.88. The first-order chi connectivity index (χ1) is 7.72. The summed E-state index contributed by atoms with van der Waals surface area (Å²) in [5.41, 5.74) is 0.784. The van der Waals surface area contributed by atoms with E-state index in [1.807, 2.05) is 24.3 Å². The van der Waals surface area contributed by atoms with E-state index in [9.17, 15) is 4.79 Å². The van der Waals surface area contributed by atoms with E-state index in [1.54, 1.807) is 0 Å². The van der Waals surface area contributed by atoms with E-state index >= 15 is 0 Å². The molecule has 0 unspecified atom stereocenters. The van der Waals surface area contributed by atoms with Gasteiger partial charge in [-0.05, 0) is 30.8 Å². The molecule has 0 heterocycles. The van der Waals surface area contributed by atoms with E-state index in [0.29, 0.717) is 6.61 Å². The molecule has 2 N–H and O–H groups in total. The Balaban J connectivity index is 2.36. The number of anilines is 1. The van der Waals surface area contributed by atoms with Crippen molar-refractivity contribution in [3.63, 3.8) is 0 Å². The van der Waals surface area contributed by atoms with Crippen LogP contribution in [0, 0.1) is 0 Å². The minimum absolute atomic E-state index is 0.0687. The predicted octanol–water partition coefficient (Wildman–Crippen LogP) is 1.63. The third-order valence-electron chi connectivity index (χ3n) is 1.97. The number of ether oxygens (including phenoxy) is 1. The second-order valence-corrected chi connectivity index (χ2v) is 3.41. The van der Waals surface area contributed by atoms with E-state index < -0.39 is 0 Å². The molecular formula is C12H18N2O2. The SMILES string of the molecule is CCNCCOc1ccc(NC(C)=O)cc1. The molecule has 0 atom stereocenters. The zero-order chi connectivity index (χ0) is 11.8. The summed E-state index contributed by atoms with van der Waals surface area (Å²) >= 11 is 0. The molecule has 1 aromatic carbocycles. The van der Waals surface area contributed by atoms with Gasteiger partial charge in [0, 0.05) is 19.2 Å². The Bertz CT molecular complexity index is 322. The van der Waals surface area contributed by atoms with Crippen LogP contribution in [-0.2, 0) is 4.79 Å². The van der Waals surface area contributed by atoms with Gasteiger partial charge in [-0.2, -0.15) is 0 Å². The molecule has 0 aromatic heterocycles. The molecule has 4 heteroatoms. The summed E-state index contributed by atoms with van der Waals surface area (Å²) in [6.07, 6.45) is 0. The molecule has 1 rings (SSSR count). The van der Waals surface area contributed by atoms with Crippen molar-refractivity contribution in [3.05, 3.63) is 24.3 Å². The van der Waals surface area contributed by atoms with Crippen LogP contribution in [0.4, 0.5) is 5.69 Å². The predicted molar refractivity (Wildman–Crippen MR) is 64.8 cm³/mol. The Hall–Kier alpha value is -1.55. The molecule has 0 bridgehead atoms. The van der Waals surface area contributed by atoms with Crippen LogP contribution in [0.15, 0.2) is 24.3 Å². The summed E-state index contributed by atoms with van der Waals surface area (Å²) in [6.45, 7) is 5.98. The van der Waals surface area contributed by atoms with Crippen molar-refractivity contribution < 1.29 is 9.53 Å². The summed E-state index contributed by atoms with van der Waals surface area (Å²) in [4.78, 5) is 10.8. The topological polar surface area (TPSA) is 50.4 Å². The van der Waals surface area contributed by atoms with Crippen molar-refractivity contribution in [2.24, 2.45) is 0 Å². The second-order valence-electron chi connectivity index (χ2n) is 3.41. The first-order valence-electron chi connectivity index (χ1n) is 5.43. The summed E-state index contributed by atoms with van der Waals surface area (Å²) in [5, 5.41) is 5.88. The Kier molecular flexibility index (Phi) is 5.36. The molecule has 0 fully saturated rings. The second kappa shape index (κ2) is 6.85. The van der Waals surface area contributed by atoms with Crippen LogP contribution >= 0.6 is 0 Å². The third kappa shape index (κ3) is 4.79. The number of likely N-dealkylation sites (N-methyl/N-ethyl adjacent to an activating group) is 1. The standard InChI is InChI=1S/C12H18N2O2/c1-3-13-8-9-16-12-6-4-11(5-7-12)14-10(2)15/h4-7,13H,3,8-9H2,1-2H3,(H,14,15).